The van der Waals surface area contributed by atoms with E-state index in [1.165, 1.54) is 0 Å². The number of carbonyl (C=O) groups excluding carboxylic acids is 1. The highest BCUT2D eigenvalue weighted by atomic mass is 16.7. The van der Waals surface area contributed by atoms with Gasteiger partial charge in [-0.25, -0.2) is 4.98 Å². The van der Waals surface area contributed by atoms with Crippen molar-refractivity contribution in [3.8, 4) is 11.5 Å². The summed E-state index contributed by atoms with van der Waals surface area (Å²) in [7, 11) is 0. The standard InChI is InChI=1S/C17H19N3O3/c1-3-20(4-2)13-6-7-14(18-10-13)17(21)19-12-5-8-15-16(9-12)23-11-22-15/h5-10H,3-4,11H2,1-2H3,(H,19,21). The summed E-state index contributed by atoms with van der Waals surface area (Å²) in [6.07, 6.45) is 1.72. The van der Waals surface area contributed by atoms with Gasteiger partial charge in [0.2, 0.25) is 6.79 Å². The molecule has 1 aliphatic heterocycles. The van der Waals surface area contributed by atoms with Crippen LogP contribution in [0.5, 0.6) is 11.5 Å². The molecule has 0 spiro atoms. The van der Waals surface area contributed by atoms with Crippen LogP contribution >= 0.6 is 0 Å². The molecule has 6 heteroatoms. The highest BCUT2D eigenvalue weighted by Crippen LogP contribution is 2.34. The Bertz CT molecular complexity index is 697. The van der Waals surface area contributed by atoms with Gasteiger partial charge in [0.25, 0.3) is 5.91 Å². The third kappa shape index (κ3) is 3.21. The number of nitrogens with one attached hydrogen (secondary N) is 1. The van der Waals surface area contributed by atoms with Crippen LogP contribution in [-0.2, 0) is 0 Å². The van der Waals surface area contributed by atoms with Gasteiger partial charge >= 0.3 is 0 Å². The number of aromatic nitrogens is 1. The summed E-state index contributed by atoms with van der Waals surface area (Å²) in [4.78, 5) is 18.7. The molecule has 6 nitrogen and oxygen atoms in total. The van der Waals surface area contributed by atoms with Gasteiger partial charge in [0.1, 0.15) is 5.69 Å². The van der Waals surface area contributed by atoms with Crippen molar-refractivity contribution >= 4 is 17.3 Å². The summed E-state index contributed by atoms with van der Waals surface area (Å²) < 4.78 is 10.5. The van der Waals surface area contributed by atoms with Crippen LogP contribution < -0.4 is 19.7 Å². The van der Waals surface area contributed by atoms with E-state index in [0.717, 1.165) is 18.8 Å². The summed E-state index contributed by atoms with van der Waals surface area (Å²) in [5.74, 6) is 1.06. The Morgan fingerprint density at radius 1 is 1.17 bits per heavy atom. The number of amides is 1. The van der Waals surface area contributed by atoms with E-state index < -0.39 is 0 Å². The number of pyridine rings is 1. The molecule has 0 unspecified atom stereocenters. The normalized spacial score (nSPS) is 12.1. The second-order valence-corrected chi connectivity index (χ2v) is 5.10. The van der Waals surface area contributed by atoms with Crippen molar-refractivity contribution < 1.29 is 14.3 Å². The van der Waals surface area contributed by atoms with Crippen molar-refractivity contribution in [1.82, 2.24) is 4.98 Å². The lowest BCUT2D eigenvalue weighted by Gasteiger charge is -2.20. The minimum absolute atomic E-state index is 0.209. The molecule has 0 fully saturated rings. The van der Waals surface area contributed by atoms with E-state index in [2.05, 4.69) is 29.0 Å². The fraction of sp³-hybridized carbons (Fsp3) is 0.294. The Balaban J connectivity index is 1.71. The Labute approximate surface area is 135 Å². The highest BCUT2D eigenvalue weighted by Gasteiger charge is 2.15. The molecule has 1 aliphatic rings. The Morgan fingerprint density at radius 3 is 2.65 bits per heavy atom. The number of carbonyl (C=O) groups is 1. The molecule has 1 aromatic carbocycles. The number of ether oxygens (including phenoxy) is 2. The quantitative estimate of drug-likeness (QED) is 0.919. The van der Waals surface area contributed by atoms with Crippen LogP contribution in [0.25, 0.3) is 0 Å². The molecule has 23 heavy (non-hydrogen) atoms. The summed E-state index contributed by atoms with van der Waals surface area (Å²) in [5, 5.41) is 2.81. The van der Waals surface area contributed by atoms with Crippen LogP contribution in [-0.4, -0.2) is 30.8 Å². The summed E-state index contributed by atoms with van der Waals surface area (Å²) in [6, 6.07) is 8.93. The zero-order valence-electron chi connectivity index (χ0n) is 13.2. The van der Waals surface area contributed by atoms with Crippen LogP contribution in [0.2, 0.25) is 0 Å². The Hall–Kier alpha value is -2.76. The molecule has 1 aromatic heterocycles. The van der Waals surface area contributed by atoms with Gasteiger partial charge in [0.15, 0.2) is 11.5 Å². The molecule has 0 atom stereocenters. The second-order valence-electron chi connectivity index (χ2n) is 5.10. The maximum absolute atomic E-state index is 12.3. The minimum atomic E-state index is -0.255. The van der Waals surface area contributed by atoms with E-state index >= 15 is 0 Å². The summed E-state index contributed by atoms with van der Waals surface area (Å²) >= 11 is 0. The number of fused-ring (bicyclic) bond motifs is 1. The molecule has 2 aromatic rings. The van der Waals surface area contributed by atoms with E-state index in [9.17, 15) is 4.79 Å². The molecule has 1 N–H and O–H groups in total. The van der Waals surface area contributed by atoms with Crippen LogP contribution in [0.4, 0.5) is 11.4 Å². The molecule has 1 amide bonds. The molecule has 120 valence electrons. The summed E-state index contributed by atoms with van der Waals surface area (Å²) in [6.45, 7) is 6.19. The predicted molar refractivity (Wildman–Crippen MR) is 88.3 cm³/mol. The molecule has 0 bridgehead atoms. The number of hydrogen-bond acceptors (Lipinski definition) is 5. The Kier molecular flexibility index (Phi) is 4.32. The molecule has 0 aliphatic carbocycles. The van der Waals surface area contributed by atoms with Crippen molar-refractivity contribution in [3.63, 3.8) is 0 Å². The largest absolute Gasteiger partial charge is 0.454 e. The van der Waals surface area contributed by atoms with E-state index in [0.29, 0.717) is 22.9 Å². The predicted octanol–water partition coefficient (Wildman–Crippen LogP) is 2.91. The third-order valence-electron chi connectivity index (χ3n) is 3.74. The van der Waals surface area contributed by atoms with Crippen LogP contribution in [0, 0.1) is 0 Å². The van der Waals surface area contributed by atoms with Gasteiger partial charge in [-0.1, -0.05) is 0 Å². The molecule has 3 rings (SSSR count). The van der Waals surface area contributed by atoms with Gasteiger partial charge < -0.3 is 19.7 Å². The fourth-order valence-corrected chi connectivity index (χ4v) is 2.47. The number of rotatable bonds is 5. The first kappa shape index (κ1) is 15.1. The van der Waals surface area contributed by atoms with E-state index in [-0.39, 0.29) is 12.7 Å². The molecule has 0 saturated carbocycles. The molecule has 2 heterocycles. The number of hydrogen-bond donors (Lipinski definition) is 1. The molecular formula is C17H19N3O3. The maximum Gasteiger partial charge on any atom is 0.274 e. The second kappa shape index (κ2) is 6.56. The SMILES string of the molecule is CCN(CC)c1ccc(C(=O)Nc2ccc3c(c2)OCO3)nc1. The van der Waals surface area contributed by atoms with Crippen molar-refractivity contribution in [2.75, 3.05) is 30.1 Å². The number of nitrogens with zero attached hydrogens (tertiary/aromatic N) is 2. The van der Waals surface area contributed by atoms with E-state index in [4.69, 9.17) is 9.47 Å². The molecule has 0 radical (unpaired) electrons. The van der Waals surface area contributed by atoms with Gasteiger partial charge in [-0.15, -0.1) is 0 Å². The zero-order valence-corrected chi connectivity index (χ0v) is 13.2. The molecule has 0 saturated heterocycles. The van der Waals surface area contributed by atoms with Crippen LogP contribution in [0.1, 0.15) is 24.3 Å². The highest BCUT2D eigenvalue weighted by molar-refractivity contribution is 6.03. The molecular weight excluding hydrogens is 294 g/mol. The number of anilines is 2. The van der Waals surface area contributed by atoms with Crippen LogP contribution in [0.3, 0.4) is 0 Å². The topological polar surface area (TPSA) is 63.7 Å². The average molecular weight is 313 g/mol. The van der Waals surface area contributed by atoms with Gasteiger partial charge in [-0.3, -0.25) is 4.79 Å². The van der Waals surface area contributed by atoms with E-state index in [1.807, 2.05) is 6.07 Å². The van der Waals surface area contributed by atoms with Gasteiger partial charge in [-0.2, -0.15) is 0 Å². The van der Waals surface area contributed by atoms with Crippen molar-refractivity contribution in [2.24, 2.45) is 0 Å². The minimum Gasteiger partial charge on any atom is -0.454 e. The smallest absolute Gasteiger partial charge is 0.274 e. The fourth-order valence-electron chi connectivity index (χ4n) is 2.47. The van der Waals surface area contributed by atoms with Crippen molar-refractivity contribution in [2.45, 2.75) is 13.8 Å². The van der Waals surface area contributed by atoms with Gasteiger partial charge in [-0.05, 0) is 38.1 Å². The zero-order chi connectivity index (χ0) is 16.2. The maximum atomic E-state index is 12.3. The number of benzene rings is 1. The summed E-state index contributed by atoms with van der Waals surface area (Å²) in [5.41, 5.74) is 2.03. The Morgan fingerprint density at radius 2 is 1.96 bits per heavy atom. The van der Waals surface area contributed by atoms with Gasteiger partial charge in [0, 0.05) is 24.8 Å². The van der Waals surface area contributed by atoms with Crippen molar-refractivity contribution in [3.05, 3.63) is 42.2 Å². The lowest BCUT2D eigenvalue weighted by molar-refractivity contribution is 0.102. The van der Waals surface area contributed by atoms with Crippen molar-refractivity contribution in [1.29, 1.82) is 0 Å². The first-order valence-electron chi connectivity index (χ1n) is 7.63. The van der Waals surface area contributed by atoms with Gasteiger partial charge in [0.05, 0.1) is 11.9 Å². The average Bonchev–Trinajstić information content (AvgIpc) is 3.04. The third-order valence-corrected chi connectivity index (χ3v) is 3.74. The van der Waals surface area contributed by atoms with E-state index in [1.54, 1.807) is 30.5 Å². The lowest BCUT2D eigenvalue weighted by Crippen LogP contribution is -2.22. The van der Waals surface area contributed by atoms with Crippen LogP contribution in [0.15, 0.2) is 36.5 Å². The first-order valence-corrected chi connectivity index (χ1v) is 7.63. The first-order chi connectivity index (χ1) is 11.2. The monoisotopic (exact) mass is 313 g/mol. The lowest BCUT2D eigenvalue weighted by atomic mass is 10.2.